The number of benzene rings is 2. The van der Waals surface area contributed by atoms with E-state index in [-0.39, 0.29) is 0 Å². The predicted octanol–water partition coefficient (Wildman–Crippen LogP) is 3.38. The number of nitrogens with zero attached hydrogens (tertiary/aromatic N) is 2. The first-order valence-corrected chi connectivity index (χ1v) is 6.01. The smallest absolute Gasteiger partial charge is 0.207 e. The lowest BCUT2D eigenvalue weighted by Crippen LogP contribution is -2.00. The monoisotopic (exact) mass is 237 g/mol. The van der Waals surface area contributed by atoms with Crippen molar-refractivity contribution in [1.82, 2.24) is 9.55 Å². The van der Waals surface area contributed by atoms with Crippen molar-refractivity contribution < 1.29 is 0 Å². The van der Waals surface area contributed by atoms with Crippen LogP contribution in [0.4, 0.5) is 5.95 Å². The highest BCUT2D eigenvalue weighted by molar-refractivity contribution is 5.84. The summed E-state index contributed by atoms with van der Waals surface area (Å²) in [5.41, 5.74) is 2.13. The third kappa shape index (κ3) is 1.74. The Morgan fingerprint density at radius 3 is 2.61 bits per heavy atom. The molecule has 0 bridgehead atoms. The van der Waals surface area contributed by atoms with Crippen LogP contribution >= 0.6 is 0 Å². The van der Waals surface area contributed by atoms with Crippen LogP contribution in [0.25, 0.3) is 16.5 Å². The zero-order chi connectivity index (χ0) is 12.5. The van der Waals surface area contributed by atoms with Crippen molar-refractivity contribution in [3.63, 3.8) is 0 Å². The van der Waals surface area contributed by atoms with E-state index in [0.717, 1.165) is 17.3 Å². The third-order valence-corrected chi connectivity index (χ3v) is 3.06. The molecule has 0 saturated heterocycles. The lowest BCUT2D eigenvalue weighted by molar-refractivity contribution is 1.06. The fourth-order valence-corrected chi connectivity index (χ4v) is 2.20. The van der Waals surface area contributed by atoms with E-state index in [1.165, 1.54) is 10.8 Å². The molecule has 0 radical (unpaired) electrons. The number of hydrogen-bond donors (Lipinski definition) is 1. The second-order valence-electron chi connectivity index (χ2n) is 4.36. The van der Waals surface area contributed by atoms with Crippen molar-refractivity contribution in [3.05, 3.63) is 54.4 Å². The fourth-order valence-electron chi connectivity index (χ4n) is 2.20. The lowest BCUT2D eigenvalue weighted by atomic mass is 10.1. The number of aryl methyl sites for hydroxylation is 1. The van der Waals surface area contributed by atoms with Crippen molar-refractivity contribution in [2.75, 3.05) is 12.4 Å². The van der Waals surface area contributed by atoms with Crippen LogP contribution in [0.5, 0.6) is 0 Å². The van der Waals surface area contributed by atoms with Gasteiger partial charge >= 0.3 is 0 Å². The largest absolute Gasteiger partial charge is 0.358 e. The minimum absolute atomic E-state index is 0.864. The number of hydrogen-bond acceptors (Lipinski definition) is 2. The normalized spacial score (nSPS) is 10.8. The van der Waals surface area contributed by atoms with E-state index in [1.807, 2.05) is 20.2 Å². The Labute approximate surface area is 106 Å². The molecule has 0 aliphatic rings. The number of rotatable bonds is 2. The predicted molar refractivity (Wildman–Crippen MR) is 75.4 cm³/mol. The number of fused-ring (bicyclic) bond motifs is 1. The molecular formula is C15H15N3. The summed E-state index contributed by atoms with van der Waals surface area (Å²) in [5.74, 6) is 0.864. The lowest BCUT2D eigenvalue weighted by Gasteiger charge is -2.08. The summed E-state index contributed by atoms with van der Waals surface area (Å²) in [6.07, 6.45) is 2.04. The molecule has 1 N–H and O–H groups in total. The fraction of sp³-hybridized carbons (Fsp3) is 0.133. The summed E-state index contributed by atoms with van der Waals surface area (Å²) < 4.78 is 2.07. The summed E-state index contributed by atoms with van der Waals surface area (Å²) >= 11 is 0. The van der Waals surface area contributed by atoms with Crippen LogP contribution in [0, 0.1) is 6.92 Å². The maximum absolute atomic E-state index is 4.44. The van der Waals surface area contributed by atoms with E-state index in [1.54, 1.807) is 0 Å². The van der Waals surface area contributed by atoms with Crippen molar-refractivity contribution in [3.8, 4) is 5.69 Å². The first-order valence-electron chi connectivity index (χ1n) is 6.01. The Morgan fingerprint density at radius 2 is 1.83 bits per heavy atom. The molecule has 0 saturated carbocycles. The Hall–Kier alpha value is -2.29. The molecule has 90 valence electrons. The Bertz CT molecular complexity index is 698. The molecule has 3 nitrogen and oxygen atoms in total. The van der Waals surface area contributed by atoms with Crippen LogP contribution in [-0.4, -0.2) is 16.6 Å². The van der Waals surface area contributed by atoms with Gasteiger partial charge in [-0.25, -0.2) is 4.98 Å². The third-order valence-electron chi connectivity index (χ3n) is 3.06. The van der Waals surface area contributed by atoms with Gasteiger partial charge < -0.3 is 5.32 Å². The molecule has 0 fully saturated rings. The summed E-state index contributed by atoms with van der Waals surface area (Å²) in [4.78, 5) is 4.44. The second kappa shape index (κ2) is 4.18. The topological polar surface area (TPSA) is 29.9 Å². The molecule has 3 aromatic rings. The van der Waals surface area contributed by atoms with Gasteiger partial charge in [0.25, 0.3) is 0 Å². The van der Waals surface area contributed by atoms with E-state index in [0.29, 0.717) is 0 Å². The molecule has 0 atom stereocenters. The Kier molecular flexibility index (Phi) is 2.52. The Morgan fingerprint density at radius 1 is 1.06 bits per heavy atom. The molecule has 0 aliphatic heterocycles. The maximum Gasteiger partial charge on any atom is 0.207 e. The zero-order valence-electron chi connectivity index (χ0n) is 10.5. The van der Waals surface area contributed by atoms with Crippen LogP contribution in [-0.2, 0) is 0 Å². The van der Waals surface area contributed by atoms with Crippen molar-refractivity contribution in [2.24, 2.45) is 0 Å². The molecule has 1 heterocycles. The van der Waals surface area contributed by atoms with E-state index in [2.05, 4.69) is 57.3 Å². The highest BCUT2D eigenvalue weighted by atomic mass is 15.2. The summed E-state index contributed by atoms with van der Waals surface area (Å²) in [6.45, 7) is 2.00. The molecule has 3 rings (SSSR count). The number of nitrogens with one attached hydrogen (secondary N) is 1. The van der Waals surface area contributed by atoms with E-state index < -0.39 is 0 Å². The SMILES string of the molecule is CNc1nc(C)cn1-c1ccc2ccccc2c1. The average molecular weight is 237 g/mol. The average Bonchev–Trinajstić information content (AvgIpc) is 2.79. The number of aromatic nitrogens is 2. The quantitative estimate of drug-likeness (QED) is 0.740. The standard InChI is InChI=1S/C15H15N3/c1-11-10-18(15(16-2)17-11)14-8-7-12-5-3-4-6-13(12)9-14/h3-10H,1-2H3,(H,16,17). The minimum atomic E-state index is 0.864. The first kappa shape index (κ1) is 10.8. The van der Waals surface area contributed by atoms with Gasteiger partial charge in [-0.05, 0) is 29.8 Å². The number of imidazole rings is 1. The van der Waals surface area contributed by atoms with Gasteiger partial charge in [0.2, 0.25) is 5.95 Å². The van der Waals surface area contributed by atoms with Gasteiger partial charge in [0.05, 0.1) is 5.69 Å². The minimum Gasteiger partial charge on any atom is -0.358 e. The molecule has 0 amide bonds. The van der Waals surface area contributed by atoms with Crippen molar-refractivity contribution >= 4 is 16.7 Å². The summed E-state index contributed by atoms with van der Waals surface area (Å²) in [7, 11) is 1.89. The highest BCUT2D eigenvalue weighted by Gasteiger charge is 2.06. The zero-order valence-corrected chi connectivity index (χ0v) is 10.5. The molecule has 1 aromatic heterocycles. The van der Waals surface area contributed by atoms with Gasteiger partial charge in [0.15, 0.2) is 0 Å². The molecule has 0 unspecified atom stereocenters. The van der Waals surface area contributed by atoms with Crippen LogP contribution in [0.15, 0.2) is 48.7 Å². The maximum atomic E-state index is 4.44. The van der Waals surface area contributed by atoms with Crippen LogP contribution in [0.2, 0.25) is 0 Å². The van der Waals surface area contributed by atoms with Gasteiger partial charge in [-0.1, -0.05) is 30.3 Å². The molecule has 0 aliphatic carbocycles. The molecule has 0 spiro atoms. The number of anilines is 1. The summed E-state index contributed by atoms with van der Waals surface area (Å²) in [5, 5.41) is 5.61. The Balaban J connectivity index is 2.18. The molecule has 3 heteroatoms. The van der Waals surface area contributed by atoms with Crippen molar-refractivity contribution in [2.45, 2.75) is 6.92 Å². The van der Waals surface area contributed by atoms with Gasteiger partial charge in [-0.2, -0.15) is 0 Å². The van der Waals surface area contributed by atoms with Crippen molar-refractivity contribution in [1.29, 1.82) is 0 Å². The van der Waals surface area contributed by atoms with Crippen LogP contribution < -0.4 is 5.32 Å². The highest BCUT2D eigenvalue weighted by Crippen LogP contribution is 2.21. The van der Waals surface area contributed by atoms with E-state index in [9.17, 15) is 0 Å². The van der Waals surface area contributed by atoms with Gasteiger partial charge in [0, 0.05) is 18.9 Å². The molecular weight excluding hydrogens is 222 g/mol. The first-order chi connectivity index (χ1) is 8.78. The summed E-state index contributed by atoms with van der Waals surface area (Å²) in [6, 6.07) is 14.8. The van der Waals surface area contributed by atoms with E-state index >= 15 is 0 Å². The van der Waals surface area contributed by atoms with E-state index in [4.69, 9.17) is 0 Å². The molecule has 18 heavy (non-hydrogen) atoms. The van der Waals surface area contributed by atoms with Crippen LogP contribution in [0.3, 0.4) is 0 Å². The van der Waals surface area contributed by atoms with Gasteiger partial charge in [-0.3, -0.25) is 4.57 Å². The second-order valence-corrected chi connectivity index (χ2v) is 4.36. The van der Waals surface area contributed by atoms with Gasteiger partial charge in [0.1, 0.15) is 0 Å². The van der Waals surface area contributed by atoms with Gasteiger partial charge in [-0.15, -0.1) is 0 Å². The van der Waals surface area contributed by atoms with Crippen LogP contribution in [0.1, 0.15) is 5.69 Å². The molecule has 2 aromatic carbocycles.